The second-order valence-corrected chi connectivity index (χ2v) is 4.88. The highest BCUT2D eigenvalue weighted by Gasteiger charge is 2.12. The van der Waals surface area contributed by atoms with Gasteiger partial charge in [0.1, 0.15) is 5.75 Å². The average molecular weight is 290 g/mol. The fourth-order valence-corrected chi connectivity index (χ4v) is 2.06. The van der Waals surface area contributed by atoms with Crippen molar-refractivity contribution in [3.8, 4) is 5.75 Å². The van der Waals surface area contributed by atoms with E-state index in [-0.39, 0.29) is 5.69 Å². The lowest BCUT2D eigenvalue weighted by Gasteiger charge is -2.14. The summed E-state index contributed by atoms with van der Waals surface area (Å²) in [6, 6.07) is 4.82. The zero-order valence-corrected chi connectivity index (χ0v) is 12.2. The number of methoxy groups -OCH3 is 1. The Kier molecular flexibility index (Phi) is 4.42. The summed E-state index contributed by atoms with van der Waals surface area (Å²) >= 11 is 0. The molecule has 0 amide bonds. The van der Waals surface area contributed by atoms with Gasteiger partial charge in [-0.3, -0.25) is 10.1 Å². The molecule has 0 bridgehead atoms. The Labute approximate surface area is 122 Å². The standard InChI is InChI=1S/C14H18N4O3/c1-10(2)17-9-15-7-12(17)8-16-13-5-4-11(18(19)20)6-14(13)21-3/h4-7,9-10,16H,8H2,1-3H3. The summed E-state index contributed by atoms with van der Waals surface area (Å²) in [6.07, 6.45) is 3.58. The van der Waals surface area contributed by atoms with Gasteiger partial charge in [0.15, 0.2) is 0 Å². The van der Waals surface area contributed by atoms with Crippen molar-refractivity contribution in [1.82, 2.24) is 9.55 Å². The second kappa shape index (κ2) is 6.25. The molecule has 0 aliphatic rings. The summed E-state index contributed by atoms with van der Waals surface area (Å²) in [5.74, 6) is 0.444. The highest BCUT2D eigenvalue weighted by molar-refractivity contribution is 5.60. The van der Waals surface area contributed by atoms with Crippen LogP contribution in [0.1, 0.15) is 25.6 Å². The van der Waals surface area contributed by atoms with Gasteiger partial charge in [0.2, 0.25) is 0 Å². The zero-order valence-electron chi connectivity index (χ0n) is 12.2. The third-order valence-electron chi connectivity index (χ3n) is 3.16. The zero-order chi connectivity index (χ0) is 15.4. The third-order valence-corrected chi connectivity index (χ3v) is 3.16. The van der Waals surface area contributed by atoms with Crippen LogP contribution in [0.5, 0.6) is 5.75 Å². The van der Waals surface area contributed by atoms with Gasteiger partial charge in [-0.25, -0.2) is 4.98 Å². The number of hydrogen-bond acceptors (Lipinski definition) is 5. The van der Waals surface area contributed by atoms with Gasteiger partial charge in [0, 0.05) is 18.3 Å². The lowest BCUT2D eigenvalue weighted by Crippen LogP contribution is -2.09. The number of benzene rings is 1. The minimum atomic E-state index is -0.444. The van der Waals surface area contributed by atoms with E-state index in [1.165, 1.54) is 19.2 Å². The maximum absolute atomic E-state index is 10.8. The number of non-ortho nitro benzene ring substituents is 1. The molecule has 21 heavy (non-hydrogen) atoms. The maximum Gasteiger partial charge on any atom is 0.273 e. The van der Waals surface area contributed by atoms with Gasteiger partial charge < -0.3 is 14.6 Å². The number of nitro benzene ring substituents is 1. The summed E-state index contributed by atoms with van der Waals surface area (Å²) in [7, 11) is 1.49. The van der Waals surface area contributed by atoms with Crippen LogP contribution in [-0.2, 0) is 6.54 Å². The summed E-state index contributed by atoms with van der Waals surface area (Å²) < 4.78 is 7.25. The normalized spacial score (nSPS) is 10.7. The van der Waals surface area contributed by atoms with E-state index in [9.17, 15) is 10.1 Å². The average Bonchev–Trinajstić information content (AvgIpc) is 2.93. The molecule has 1 aromatic heterocycles. The Bertz CT molecular complexity index is 637. The van der Waals surface area contributed by atoms with Crippen LogP contribution >= 0.6 is 0 Å². The first-order valence-electron chi connectivity index (χ1n) is 6.60. The molecule has 112 valence electrons. The van der Waals surface area contributed by atoms with E-state index in [0.29, 0.717) is 24.0 Å². The summed E-state index contributed by atoms with van der Waals surface area (Å²) in [4.78, 5) is 14.5. The van der Waals surface area contributed by atoms with E-state index in [0.717, 1.165) is 5.69 Å². The number of nitro groups is 1. The first kappa shape index (κ1) is 14.8. The molecule has 0 radical (unpaired) electrons. The minimum absolute atomic E-state index is 0.00428. The van der Waals surface area contributed by atoms with E-state index in [1.54, 1.807) is 18.6 Å². The predicted molar refractivity (Wildman–Crippen MR) is 79.6 cm³/mol. The molecule has 0 unspecified atom stereocenters. The minimum Gasteiger partial charge on any atom is -0.494 e. The molecule has 1 aromatic carbocycles. The number of nitrogens with zero attached hydrogens (tertiary/aromatic N) is 3. The molecule has 0 aliphatic heterocycles. The third kappa shape index (κ3) is 3.31. The van der Waals surface area contributed by atoms with Crippen molar-refractivity contribution in [2.75, 3.05) is 12.4 Å². The summed E-state index contributed by atoms with van der Waals surface area (Å²) in [5, 5.41) is 14.0. The molecular weight excluding hydrogens is 272 g/mol. The molecule has 0 saturated carbocycles. The quantitative estimate of drug-likeness (QED) is 0.653. The number of hydrogen-bond donors (Lipinski definition) is 1. The number of rotatable bonds is 6. The number of ether oxygens (including phenoxy) is 1. The van der Waals surface area contributed by atoms with Gasteiger partial charge >= 0.3 is 0 Å². The van der Waals surface area contributed by atoms with Crippen molar-refractivity contribution in [1.29, 1.82) is 0 Å². The van der Waals surface area contributed by atoms with E-state index >= 15 is 0 Å². The molecule has 0 aliphatic carbocycles. The first-order chi connectivity index (χ1) is 10.0. The Hall–Kier alpha value is -2.57. The van der Waals surface area contributed by atoms with Gasteiger partial charge in [-0.1, -0.05) is 0 Å². The van der Waals surface area contributed by atoms with Gasteiger partial charge in [0.05, 0.1) is 42.4 Å². The molecule has 1 heterocycles. The van der Waals surface area contributed by atoms with Crippen LogP contribution in [0.15, 0.2) is 30.7 Å². The Morgan fingerprint density at radius 1 is 1.48 bits per heavy atom. The number of aromatic nitrogens is 2. The maximum atomic E-state index is 10.8. The van der Waals surface area contributed by atoms with Crippen molar-refractivity contribution in [2.45, 2.75) is 26.4 Å². The van der Waals surface area contributed by atoms with E-state index in [1.807, 2.05) is 0 Å². The molecule has 0 saturated heterocycles. The van der Waals surface area contributed by atoms with Crippen molar-refractivity contribution < 1.29 is 9.66 Å². The molecule has 0 fully saturated rings. The van der Waals surface area contributed by atoms with Crippen LogP contribution in [0.4, 0.5) is 11.4 Å². The molecule has 1 N–H and O–H groups in total. The smallest absolute Gasteiger partial charge is 0.273 e. The van der Waals surface area contributed by atoms with Crippen LogP contribution < -0.4 is 10.1 Å². The largest absolute Gasteiger partial charge is 0.494 e. The molecule has 2 rings (SSSR count). The lowest BCUT2D eigenvalue weighted by molar-refractivity contribution is -0.384. The molecule has 7 heteroatoms. The van der Waals surface area contributed by atoms with Crippen LogP contribution in [0, 0.1) is 10.1 Å². The van der Waals surface area contributed by atoms with Crippen molar-refractivity contribution in [3.05, 3.63) is 46.5 Å². The van der Waals surface area contributed by atoms with Gasteiger partial charge in [-0.15, -0.1) is 0 Å². The second-order valence-electron chi connectivity index (χ2n) is 4.88. The molecule has 0 atom stereocenters. The molecule has 2 aromatic rings. The van der Waals surface area contributed by atoms with Crippen molar-refractivity contribution >= 4 is 11.4 Å². The van der Waals surface area contributed by atoms with E-state index in [4.69, 9.17) is 4.74 Å². The van der Waals surface area contributed by atoms with Crippen LogP contribution in [0.3, 0.4) is 0 Å². The fraction of sp³-hybridized carbons (Fsp3) is 0.357. The van der Waals surface area contributed by atoms with Crippen LogP contribution in [0.2, 0.25) is 0 Å². The summed E-state index contributed by atoms with van der Waals surface area (Å²) in [6.45, 7) is 4.72. The first-order valence-corrected chi connectivity index (χ1v) is 6.60. The topological polar surface area (TPSA) is 82.2 Å². The van der Waals surface area contributed by atoms with E-state index in [2.05, 4.69) is 28.7 Å². The fourth-order valence-electron chi connectivity index (χ4n) is 2.06. The number of imidazole rings is 1. The lowest BCUT2D eigenvalue weighted by atomic mass is 10.2. The molecular formula is C14H18N4O3. The Morgan fingerprint density at radius 2 is 2.24 bits per heavy atom. The Balaban J connectivity index is 2.16. The van der Waals surface area contributed by atoms with Crippen LogP contribution in [0.25, 0.3) is 0 Å². The summed E-state index contributed by atoms with van der Waals surface area (Å²) in [5.41, 5.74) is 1.75. The highest BCUT2D eigenvalue weighted by atomic mass is 16.6. The highest BCUT2D eigenvalue weighted by Crippen LogP contribution is 2.29. The Morgan fingerprint density at radius 3 is 2.86 bits per heavy atom. The van der Waals surface area contributed by atoms with Gasteiger partial charge in [0.25, 0.3) is 5.69 Å². The monoisotopic (exact) mass is 290 g/mol. The SMILES string of the molecule is COc1cc([N+](=O)[O-])ccc1NCc1cncn1C(C)C. The van der Waals surface area contributed by atoms with Gasteiger partial charge in [-0.05, 0) is 19.9 Å². The van der Waals surface area contributed by atoms with Gasteiger partial charge in [-0.2, -0.15) is 0 Å². The van der Waals surface area contributed by atoms with Crippen LogP contribution in [-0.4, -0.2) is 21.6 Å². The van der Waals surface area contributed by atoms with Crippen molar-refractivity contribution in [3.63, 3.8) is 0 Å². The molecule has 0 spiro atoms. The number of anilines is 1. The van der Waals surface area contributed by atoms with Crippen molar-refractivity contribution in [2.24, 2.45) is 0 Å². The number of nitrogens with one attached hydrogen (secondary N) is 1. The predicted octanol–water partition coefficient (Wildman–Crippen LogP) is 2.99. The molecule has 7 nitrogen and oxygen atoms in total. The van der Waals surface area contributed by atoms with E-state index < -0.39 is 4.92 Å².